The van der Waals surface area contributed by atoms with Crippen LogP contribution in [0, 0.1) is 23.3 Å². The van der Waals surface area contributed by atoms with Crippen molar-refractivity contribution >= 4 is 27.7 Å². The second-order valence-corrected chi connectivity index (χ2v) is 8.32. The molecule has 0 saturated heterocycles. The summed E-state index contributed by atoms with van der Waals surface area (Å²) in [7, 11) is -2.22. The number of benzene rings is 2. The summed E-state index contributed by atoms with van der Waals surface area (Å²) in [6.45, 7) is 1.21. The Kier molecular flexibility index (Phi) is 5.42. The van der Waals surface area contributed by atoms with Crippen molar-refractivity contribution in [3.63, 3.8) is 0 Å². The minimum Gasteiger partial charge on any atom is -0.459 e. The Morgan fingerprint density at radius 2 is 1.68 bits per heavy atom. The average Bonchev–Trinajstić information content (AvgIpc) is 3.59. The molecule has 1 fully saturated rings. The quantitative estimate of drug-likeness (QED) is 0.253. The van der Waals surface area contributed by atoms with Crippen LogP contribution in [0.5, 0.6) is 0 Å². The van der Waals surface area contributed by atoms with E-state index in [4.69, 9.17) is 4.74 Å². The molecule has 4 rings (SSSR count). The molecule has 31 heavy (non-hydrogen) atoms. The van der Waals surface area contributed by atoms with Gasteiger partial charge in [0.2, 0.25) is 5.43 Å². The Bertz CT molecular complexity index is 1300. The molecule has 0 bridgehead atoms. The number of hydrogen-bond donors (Lipinski definition) is 0. The Morgan fingerprint density at radius 3 is 2.26 bits per heavy atom. The van der Waals surface area contributed by atoms with Crippen molar-refractivity contribution in [3.8, 4) is 0 Å². The van der Waals surface area contributed by atoms with Crippen molar-refractivity contribution in [1.82, 2.24) is 4.57 Å². The van der Waals surface area contributed by atoms with Gasteiger partial charge >= 0.3 is 5.97 Å². The fourth-order valence-corrected chi connectivity index (χ4v) is 4.68. The van der Waals surface area contributed by atoms with E-state index in [2.05, 4.69) is 0 Å². The van der Waals surface area contributed by atoms with Crippen molar-refractivity contribution in [3.05, 3.63) is 69.4 Å². The highest BCUT2D eigenvalue weighted by Gasteiger charge is 2.35. The second-order valence-electron chi connectivity index (χ2n) is 6.92. The van der Waals surface area contributed by atoms with Gasteiger partial charge in [-0.1, -0.05) is 18.2 Å². The maximum absolute atomic E-state index is 14.7. The number of pyridine rings is 1. The Balaban J connectivity index is 2.16. The number of halogens is 4. The normalized spacial score (nSPS) is 14.6. The number of aromatic nitrogens is 1. The molecule has 0 spiro atoms. The third-order valence-corrected chi connectivity index (χ3v) is 6.35. The van der Waals surface area contributed by atoms with Crippen LogP contribution < -0.4 is 5.43 Å². The largest absolute Gasteiger partial charge is 0.459 e. The number of carbonyl (C=O) groups is 1. The van der Waals surface area contributed by atoms with Gasteiger partial charge < -0.3 is 9.30 Å². The number of nitrogens with zero attached hydrogens (tertiary/aromatic N) is 1. The van der Waals surface area contributed by atoms with Crippen LogP contribution in [0.3, 0.4) is 0 Å². The van der Waals surface area contributed by atoms with E-state index in [-0.39, 0.29) is 11.4 Å². The fourth-order valence-electron chi connectivity index (χ4n) is 3.27. The molecular weight excluding hydrogens is 438 g/mol. The standard InChI is InChI=1S/C21H15F4NO4S/c1-2-26-18-12(14(22)15(23)16(24)17(18)25)19(27)13(21(28)30-10-8-9-10)20(26)31(29)11-6-4-3-5-7-11/h3-7,10H,2,8-9H2,1H3. The van der Waals surface area contributed by atoms with Crippen LogP contribution in [-0.2, 0) is 22.1 Å². The lowest BCUT2D eigenvalue weighted by Crippen LogP contribution is -2.28. The lowest BCUT2D eigenvalue weighted by molar-refractivity contribution is 0.0464. The highest BCUT2D eigenvalue weighted by Crippen LogP contribution is 2.31. The number of carbonyl (C=O) groups excluding carboxylic acids is 1. The molecule has 1 aliphatic carbocycles. The fraction of sp³-hybridized carbons (Fsp3) is 0.238. The number of ether oxygens (including phenoxy) is 1. The summed E-state index contributed by atoms with van der Waals surface area (Å²) in [5, 5.41) is -1.61. The first kappa shape index (κ1) is 21.2. The predicted octanol–water partition coefficient (Wildman–Crippen LogP) is 4.06. The van der Waals surface area contributed by atoms with E-state index in [1.165, 1.54) is 19.1 Å². The summed E-state index contributed by atoms with van der Waals surface area (Å²) in [5.74, 6) is -9.22. The maximum Gasteiger partial charge on any atom is 0.345 e. The first-order chi connectivity index (χ1) is 14.8. The minimum absolute atomic E-state index is 0.160. The summed E-state index contributed by atoms with van der Waals surface area (Å²) >= 11 is 0. The van der Waals surface area contributed by atoms with Crippen LogP contribution in [0.1, 0.15) is 30.1 Å². The van der Waals surface area contributed by atoms with Crippen molar-refractivity contribution in [2.24, 2.45) is 0 Å². The zero-order valence-electron chi connectivity index (χ0n) is 16.1. The van der Waals surface area contributed by atoms with E-state index >= 15 is 0 Å². The van der Waals surface area contributed by atoms with Gasteiger partial charge in [-0.2, -0.15) is 0 Å². The number of rotatable bonds is 5. The van der Waals surface area contributed by atoms with Crippen molar-refractivity contribution in [2.45, 2.75) is 42.3 Å². The van der Waals surface area contributed by atoms with Gasteiger partial charge in [0.1, 0.15) is 27.5 Å². The van der Waals surface area contributed by atoms with E-state index < -0.39 is 73.1 Å². The van der Waals surface area contributed by atoms with Gasteiger partial charge in [0.25, 0.3) is 0 Å². The topological polar surface area (TPSA) is 65.4 Å². The molecular formula is C21H15F4NO4S. The molecule has 1 saturated carbocycles. The molecule has 1 heterocycles. The monoisotopic (exact) mass is 453 g/mol. The molecule has 1 aliphatic rings. The highest BCUT2D eigenvalue weighted by atomic mass is 32.2. The zero-order valence-corrected chi connectivity index (χ0v) is 16.9. The molecule has 10 heteroatoms. The summed E-state index contributed by atoms with van der Waals surface area (Å²) < 4.78 is 76.5. The van der Waals surface area contributed by atoms with Crippen LogP contribution in [0.15, 0.2) is 45.0 Å². The smallest absolute Gasteiger partial charge is 0.345 e. The van der Waals surface area contributed by atoms with Gasteiger partial charge in [0, 0.05) is 11.4 Å². The van der Waals surface area contributed by atoms with Crippen LogP contribution in [0.4, 0.5) is 17.6 Å². The summed E-state index contributed by atoms with van der Waals surface area (Å²) in [6, 6.07) is 7.65. The van der Waals surface area contributed by atoms with E-state index in [0.717, 1.165) is 4.57 Å². The Labute approximate surface area is 175 Å². The highest BCUT2D eigenvalue weighted by molar-refractivity contribution is 7.85. The van der Waals surface area contributed by atoms with Crippen molar-refractivity contribution in [1.29, 1.82) is 0 Å². The first-order valence-corrected chi connectivity index (χ1v) is 10.5. The molecule has 1 unspecified atom stereocenters. The summed E-state index contributed by atoms with van der Waals surface area (Å²) in [5.41, 5.74) is -3.13. The molecule has 0 aliphatic heterocycles. The molecule has 0 radical (unpaired) electrons. The van der Waals surface area contributed by atoms with Crippen LogP contribution in [0.25, 0.3) is 10.9 Å². The zero-order chi connectivity index (χ0) is 22.4. The van der Waals surface area contributed by atoms with E-state index in [1.54, 1.807) is 18.2 Å². The number of hydrogen-bond acceptors (Lipinski definition) is 4. The molecule has 2 aromatic carbocycles. The van der Waals surface area contributed by atoms with Crippen LogP contribution in [-0.4, -0.2) is 20.8 Å². The van der Waals surface area contributed by atoms with Crippen molar-refractivity contribution in [2.75, 3.05) is 0 Å². The van der Waals surface area contributed by atoms with Crippen LogP contribution >= 0.6 is 0 Å². The van der Waals surface area contributed by atoms with Gasteiger partial charge in [-0.15, -0.1) is 0 Å². The summed E-state index contributed by atoms with van der Waals surface area (Å²) in [4.78, 5) is 26.0. The molecule has 162 valence electrons. The van der Waals surface area contributed by atoms with Gasteiger partial charge in [0.15, 0.2) is 23.3 Å². The average molecular weight is 453 g/mol. The molecule has 5 nitrogen and oxygen atoms in total. The SMILES string of the molecule is CCn1c(S(=O)c2ccccc2)c(C(=O)OC2CC2)c(=O)c2c(F)c(F)c(F)c(F)c21. The van der Waals surface area contributed by atoms with Crippen LogP contribution in [0.2, 0.25) is 0 Å². The third kappa shape index (κ3) is 3.44. The van der Waals surface area contributed by atoms with E-state index in [0.29, 0.717) is 12.8 Å². The first-order valence-electron chi connectivity index (χ1n) is 9.38. The lowest BCUT2D eigenvalue weighted by Gasteiger charge is -2.19. The maximum atomic E-state index is 14.7. The molecule has 0 N–H and O–H groups in total. The minimum atomic E-state index is -2.22. The number of aryl methyl sites for hydroxylation is 1. The van der Waals surface area contributed by atoms with Crippen molar-refractivity contribution < 1.29 is 31.3 Å². The van der Waals surface area contributed by atoms with E-state index in [1.807, 2.05) is 0 Å². The lowest BCUT2D eigenvalue weighted by atomic mass is 10.1. The molecule has 1 atom stereocenters. The molecule has 3 aromatic rings. The van der Waals surface area contributed by atoms with Gasteiger partial charge in [-0.3, -0.25) is 4.79 Å². The molecule has 0 amide bonds. The second kappa shape index (κ2) is 7.92. The van der Waals surface area contributed by atoms with Gasteiger partial charge in [-0.25, -0.2) is 26.6 Å². The number of esters is 1. The van der Waals surface area contributed by atoms with Gasteiger partial charge in [0.05, 0.1) is 10.9 Å². The van der Waals surface area contributed by atoms with E-state index in [9.17, 15) is 31.4 Å². The Morgan fingerprint density at radius 1 is 1.06 bits per heavy atom. The molecule has 1 aromatic heterocycles. The van der Waals surface area contributed by atoms with Gasteiger partial charge in [-0.05, 0) is 31.9 Å². The summed E-state index contributed by atoms with van der Waals surface area (Å²) in [6.07, 6.45) is 0.657. The Hall–Kier alpha value is -3.01. The third-order valence-electron chi connectivity index (χ3n) is 4.88. The number of fused-ring (bicyclic) bond motifs is 1. The predicted molar refractivity (Wildman–Crippen MR) is 103 cm³/mol.